The van der Waals surface area contributed by atoms with E-state index < -0.39 is 5.97 Å². The zero-order chi connectivity index (χ0) is 20.2. The second kappa shape index (κ2) is 8.41. The summed E-state index contributed by atoms with van der Waals surface area (Å²) in [6, 6.07) is 17.8. The fourth-order valence-electron chi connectivity index (χ4n) is 3.14. The van der Waals surface area contributed by atoms with Gasteiger partial charge in [0.2, 0.25) is 0 Å². The van der Waals surface area contributed by atoms with Gasteiger partial charge < -0.3 is 4.74 Å². The van der Waals surface area contributed by atoms with Crippen molar-refractivity contribution in [1.29, 1.82) is 0 Å². The highest BCUT2D eigenvalue weighted by atomic mass is 32.1. The van der Waals surface area contributed by atoms with Crippen molar-refractivity contribution in [3.63, 3.8) is 0 Å². The number of aryl methyl sites for hydroxylation is 1. The van der Waals surface area contributed by atoms with Crippen molar-refractivity contribution in [2.24, 2.45) is 0 Å². The lowest BCUT2D eigenvalue weighted by Crippen LogP contribution is -2.26. The minimum Gasteiger partial charge on any atom is -0.464 e. The van der Waals surface area contributed by atoms with Crippen molar-refractivity contribution < 1.29 is 9.53 Å². The maximum atomic E-state index is 13.0. The van der Waals surface area contributed by atoms with Gasteiger partial charge in [-0.05, 0) is 18.1 Å². The molecule has 0 amide bonds. The molecule has 5 nitrogen and oxygen atoms in total. The number of ether oxygens (including phenoxy) is 1. The topological polar surface area (TPSA) is 61.2 Å². The van der Waals surface area contributed by atoms with Gasteiger partial charge in [0.1, 0.15) is 11.4 Å². The molecule has 0 radical (unpaired) electrons. The molecule has 29 heavy (non-hydrogen) atoms. The summed E-state index contributed by atoms with van der Waals surface area (Å²) in [4.78, 5) is 30.2. The average molecular weight is 404 g/mol. The van der Waals surface area contributed by atoms with Crippen LogP contribution in [0.25, 0.3) is 21.3 Å². The fourth-order valence-corrected chi connectivity index (χ4v) is 4.04. The Morgan fingerprint density at radius 1 is 1.10 bits per heavy atom. The number of carbonyl (C=O) groups is 1. The molecule has 0 N–H and O–H groups in total. The van der Waals surface area contributed by atoms with E-state index in [-0.39, 0.29) is 18.7 Å². The SMILES string of the molecule is Cc1ccc(-c2csc3ncn(CC(=O)OCCc4ccccc4)c(=O)c23)cc1. The fraction of sp³-hybridized carbons (Fsp3) is 0.174. The monoisotopic (exact) mass is 404 g/mol. The van der Waals surface area contributed by atoms with Crippen LogP contribution in [0.5, 0.6) is 0 Å². The summed E-state index contributed by atoms with van der Waals surface area (Å²) in [5.74, 6) is -0.448. The lowest BCUT2D eigenvalue weighted by atomic mass is 10.1. The van der Waals surface area contributed by atoms with Crippen LogP contribution < -0.4 is 5.56 Å². The lowest BCUT2D eigenvalue weighted by molar-refractivity contribution is -0.144. The maximum absolute atomic E-state index is 13.0. The molecule has 4 aromatic rings. The predicted molar refractivity (Wildman–Crippen MR) is 115 cm³/mol. The first-order valence-electron chi connectivity index (χ1n) is 9.35. The molecule has 0 atom stereocenters. The zero-order valence-electron chi connectivity index (χ0n) is 16.0. The summed E-state index contributed by atoms with van der Waals surface area (Å²) in [5, 5.41) is 2.48. The third-order valence-corrected chi connectivity index (χ3v) is 5.61. The van der Waals surface area contributed by atoms with Gasteiger partial charge in [0.25, 0.3) is 5.56 Å². The quantitative estimate of drug-likeness (QED) is 0.452. The summed E-state index contributed by atoms with van der Waals surface area (Å²) >= 11 is 1.43. The maximum Gasteiger partial charge on any atom is 0.326 e. The van der Waals surface area contributed by atoms with Crippen LogP contribution in [0.2, 0.25) is 0 Å². The van der Waals surface area contributed by atoms with Crippen LogP contribution in [0, 0.1) is 6.92 Å². The Labute approximate surface area is 172 Å². The van der Waals surface area contributed by atoms with Gasteiger partial charge in [-0.3, -0.25) is 14.2 Å². The van der Waals surface area contributed by atoms with Gasteiger partial charge in [-0.1, -0.05) is 60.2 Å². The Bertz CT molecular complexity index is 1190. The van der Waals surface area contributed by atoms with E-state index in [1.165, 1.54) is 22.2 Å². The first kappa shape index (κ1) is 19.1. The minimum absolute atomic E-state index is 0.153. The van der Waals surface area contributed by atoms with Crippen LogP contribution in [0.3, 0.4) is 0 Å². The van der Waals surface area contributed by atoms with Crippen molar-refractivity contribution in [3.8, 4) is 11.1 Å². The van der Waals surface area contributed by atoms with Gasteiger partial charge in [-0.25, -0.2) is 4.98 Å². The Kier molecular flexibility index (Phi) is 5.53. The first-order valence-corrected chi connectivity index (χ1v) is 10.2. The molecule has 0 bridgehead atoms. The zero-order valence-corrected chi connectivity index (χ0v) is 16.8. The van der Waals surface area contributed by atoms with Gasteiger partial charge in [0.05, 0.1) is 18.3 Å². The number of nitrogens with zero attached hydrogens (tertiary/aromatic N) is 2. The summed E-state index contributed by atoms with van der Waals surface area (Å²) in [5.41, 5.74) is 3.83. The number of aromatic nitrogens is 2. The smallest absolute Gasteiger partial charge is 0.326 e. The Morgan fingerprint density at radius 3 is 2.62 bits per heavy atom. The summed E-state index contributed by atoms with van der Waals surface area (Å²) in [6.45, 7) is 2.15. The Morgan fingerprint density at radius 2 is 1.86 bits per heavy atom. The third kappa shape index (κ3) is 4.27. The number of fused-ring (bicyclic) bond motifs is 1. The molecule has 2 aromatic carbocycles. The number of hydrogen-bond donors (Lipinski definition) is 0. The van der Waals surface area contributed by atoms with Crippen molar-refractivity contribution in [2.45, 2.75) is 19.9 Å². The summed E-state index contributed by atoms with van der Waals surface area (Å²) in [7, 11) is 0. The number of rotatable bonds is 6. The minimum atomic E-state index is -0.448. The van der Waals surface area contributed by atoms with Gasteiger partial charge in [-0.15, -0.1) is 11.3 Å². The number of benzene rings is 2. The first-order chi connectivity index (χ1) is 14.1. The molecule has 2 heterocycles. The normalized spacial score (nSPS) is 10.9. The molecular formula is C23H20N2O3S. The van der Waals surface area contributed by atoms with E-state index in [1.807, 2.05) is 66.9 Å². The molecule has 0 aliphatic heterocycles. The molecular weight excluding hydrogens is 384 g/mol. The highest BCUT2D eigenvalue weighted by Gasteiger charge is 2.15. The highest BCUT2D eigenvalue weighted by Crippen LogP contribution is 2.30. The molecule has 0 aliphatic rings. The summed E-state index contributed by atoms with van der Waals surface area (Å²) < 4.78 is 6.62. The molecule has 0 unspecified atom stereocenters. The number of thiophene rings is 1. The third-order valence-electron chi connectivity index (χ3n) is 4.72. The summed E-state index contributed by atoms with van der Waals surface area (Å²) in [6.07, 6.45) is 2.05. The van der Waals surface area contributed by atoms with Crippen molar-refractivity contribution in [3.05, 3.63) is 87.8 Å². The van der Waals surface area contributed by atoms with Crippen molar-refractivity contribution >= 4 is 27.5 Å². The largest absolute Gasteiger partial charge is 0.464 e. The molecule has 0 saturated carbocycles. The van der Waals surface area contributed by atoms with Crippen LogP contribution in [0.4, 0.5) is 0 Å². The van der Waals surface area contributed by atoms with Crippen LogP contribution >= 0.6 is 11.3 Å². The van der Waals surface area contributed by atoms with Gasteiger partial charge in [0, 0.05) is 17.4 Å². The molecule has 0 saturated heterocycles. The number of esters is 1. The second-order valence-corrected chi connectivity index (χ2v) is 7.69. The van der Waals surface area contributed by atoms with Gasteiger partial charge in [0.15, 0.2) is 0 Å². The van der Waals surface area contributed by atoms with Crippen LogP contribution in [0.1, 0.15) is 11.1 Å². The second-order valence-electron chi connectivity index (χ2n) is 6.83. The lowest BCUT2D eigenvalue weighted by Gasteiger charge is -2.07. The van der Waals surface area contributed by atoms with E-state index in [0.29, 0.717) is 16.6 Å². The van der Waals surface area contributed by atoms with E-state index >= 15 is 0 Å². The molecule has 6 heteroatoms. The molecule has 146 valence electrons. The molecule has 2 aromatic heterocycles. The van der Waals surface area contributed by atoms with Crippen molar-refractivity contribution in [2.75, 3.05) is 6.61 Å². The van der Waals surface area contributed by atoms with E-state index in [1.54, 1.807) is 0 Å². The standard InChI is InChI=1S/C23H20N2O3S/c1-16-7-9-18(10-8-16)19-14-29-22-21(19)23(27)25(15-24-22)13-20(26)28-12-11-17-5-3-2-4-6-17/h2-10,14-15H,11-13H2,1H3. The van der Waals surface area contributed by atoms with E-state index in [2.05, 4.69) is 4.98 Å². The molecule has 4 rings (SSSR count). The van der Waals surface area contributed by atoms with Crippen molar-refractivity contribution in [1.82, 2.24) is 9.55 Å². The molecule has 0 spiro atoms. The average Bonchev–Trinajstić information content (AvgIpc) is 3.16. The van der Waals surface area contributed by atoms with Crippen LogP contribution in [-0.4, -0.2) is 22.1 Å². The predicted octanol–water partition coefficient (Wildman–Crippen LogP) is 4.22. The Hall–Kier alpha value is -3.25. The molecule has 0 fully saturated rings. The van der Waals surface area contributed by atoms with E-state index in [9.17, 15) is 9.59 Å². The van der Waals surface area contributed by atoms with E-state index in [0.717, 1.165) is 22.3 Å². The number of carbonyl (C=O) groups excluding carboxylic acids is 1. The van der Waals surface area contributed by atoms with Gasteiger partial charge in [-0.2, -0.15) is 0 Å². The molecule has 0 aliphatic carbocycles. The van der Waals surface area contributed by atoms with Crippen LogP contribution in [0.15, 0.2) is 71.1 Å². The van der Waals surface area contributed by atoms with Gasteiger partial charge >= 0.3 is 5.97 Å². The van der Waals surface area contributed by atoms with E-state index in [4.69, 9.17) is 4.74 Å². The van der Waals surface area contributed by atoms with Crippen LogP contribution in [-0.2, 0) is 22.5 Å². The Balaban J connectivity index is 1.51. The number of hydrogen-bond acceptors (Lipinski definition) is 5. The highest BCUT2D eigenvalue weighted by molar-refractivity contribution is 7.17.